The third kappa shape index (κ3) is 2.28. The van der Waals surface area contributed by atoms with E-state index in [4.69, 9.17) is 9.47 Å². The summed E-state index contributed by atoms with van der Waals surface area (Å²) in [4.78, 5) is 0. The minimum Gasteiger partial charge on any atom is -0.490 e. The van der Waals surface area contributed by atoms with Gasteiger partial charge in [0.1, 0.15) is 0 Å². The van der Waals surface area contributed by atoms with Crippen LogP contribution in [0.25, 0.3) is 0 Å². The van der Waals surface area contributed by atoms with E-state index in [0.717, 1.165) is 0 Å². The number of hydrogen-bond donors (Lipinski definition) is 0. The molecular formula is C10H13O3. The standard InChI is InChI=1S/C10H13O3/c1-3-12-8-6-5-7-9(10(8)11)13-4-2/h5-7H,3-4H2,1-2H3. The summed E-state index contributed by atoms with van der Waals surface area (Å²) >= 11 is 0. The average Bonchev–Trinajstić information content (AvgIpc) is 2.13. The normalized spacial score (nSPS) is 9.69. The van der Waals surface area contributed by atoms with Gasteiger partial charge in [0.15, 0.2) is 11.5 Å². The molecule has 1 aromatic carbocycles. The number of para-hydroxylation sites is 1. The van der Waals surface area contributed by atoms with E-state index < -0.39 is 0 Å². The second-order valence-corrected chi connectivity index (χ2v) is 2.45. The Morgan fingerprint density at radius 2 is 1.54 bits per heavy atom. The lowest BCUT2D eigenvalue weighted by Gasteiger charge is -2.07. The molecule has 0 bridgehead atoms. The van der Waals surface area contributed by atoms with Crippen molar-refractivity contribution in [2.75, 3.05) is 13.2 Å². The van der Waals surface area contributed by atoms with E-state index >= 15 is 0 Å². The van der Waals surface area contributed by atoms with Gasteiger partial charge in [0.05, 0.1) is 13.2 Å². The molecule has 0 aliphatic rings. The summed E-state index contributed by atoms with van der Waals surface area (Å²) in [6.07, 6.45) is 0. The SMILES string of the molecule is CCOc1cccc(OCC)c1[O]. The van der Waals surface area contributed by atoms with Crippen LogP contribution in [0.15, 0.2) is 18.2 Å². The zero-order chi connectivity index (χ0) is 9.68. The van der Waals surface area contributed by atoms with Crippen molar-refractivity contribution in [2.45, 2.75) is 13.8 Å². The smallest absolute Gasteiger partial charge is 0.261 e. The third-order valence-corrected chi connectivity index (χ3v) is 1.54. The summed E-state index contributed by atoms with van der Waals surface area (Å²) in [5.41, 5.74) is 0. The summed E-state index contributed by atoms with van der Waals surface area (Å²) in [6, 6.07) is 5.04. The van der Waals surface area contributed by atoms with E-state index in [1.807, 2.05) is 13.8 Å². The van der Waals surface area contributed by atoms with Gasteiger partial charge in [0, 0.05) is 0 Å². The van der Waals surface area contributed by atoms with Gasteiger partial charge in [-0.05, 0) is 26.0 Å². The predicted molar refractivity (Wildman–Crippen MR) is 48.9 cm³/mol. The van der Waals surface area contributed by atoms with Crippen LogP contribution in [0, 0.1) is 0 Å². The molecule has 0 atom stereocenters. The summed E-state index contributed by atoms with van der Waals surface area (Å²) in [6.45, 7) is 4.66. The van der Waals surface area contributed by atoms with Crippen LogP contribution in [0.3, 0.4) is 0 Å². The fraction of sp³-hybridized carbons (Fsp3) is 0.400. The molecule has 0 unspecified atom stereocenters. The lowest BCUT2D eigenvalue weighted by molar-refractivity contribution is 0.258. The Kier molecular flexibility index (Phi) is 3.43. The highest BCUT2D eigenvalue weighted by molar-refractivity contribution is 5.49. The summed E-state index contributed by atoms with van der Waals surface area (Å²) in [5.74, 6) is 0.535. The molecule has 0 saturated carbocycles. The van der Waals surface area contributed by atoms with Crippen LogP contribution < -0.4 is 9.47 Å². The minimum atomic E-state index is -0.175. The lowest BCUT2D eigenvalue weighted by Crippen LogP contribution is -1.95. The van der Waals surface area contributed by atoms with Crippen LogP contribution in [-0.4, -0.2) is 13.2 Å². The maximum Gasteiger partial charge on any atom is 0.261 e. The Balaban J connectivity index is 2.89. The first-order chi connectivity index (χ1) is 6.29. The molecule has 0 N–H and O–H groups in total. The maximum atomic E-state index is 11.5. The maximum absolute atomic E-state index is 11.5. The Labute approximate surface area is 77.9 Å². The van der Waals surface area contributed by atoms with Crippen LogP contribution in [0.4, 0.5) is 0 Å². The molecule has 13 heavy (non-hydrogen) atoms. The van der Waals surface area contributed by atoms with Gasteiger partial charge in [-0.15, -0.1) is 0 Å². The minimum absolute atomic E-state index is 0.175. The van der Waals surface area contributed by atoms with E-state index in [2.05, 4.69) is 0 Å². The van der Waals surface area contributed by atoms with Crippen molar-refractivity contribution in [2.24, 2.45) is 0 Å². The van der Waals surface area contributed by atoms with E-state index in [9.17, 15) is 5.11 Å². The summed E-state index contributed by atoms with van der Waals surface area (Å²) in [5, 5.41) is 11.5. The first-order valence-corrected chi connectivity index (χ1v) is 4.35. The van der Waals surface area contributed by atoms with Crippen LogP contribution in [0.1, 0.15) is 13.8 Å². The first-order valence-electron chi connectivity index (χ1n) is 4.35. The molecule has 1 rings (SSSR count). The Hall–Kier alpha value is -1.38. The Morgan fingerprint density at radius 3 is 1.92 bits per heavy atom. The van der Waals surface area contributed by atoms with Crippen LogP contribution in [0.2, 0.25) is 0 Å². The van der Waals surface area contributed by atoms with E-state index in [0.29, 0.717) is 24.7 Å². The van der Waals surface area contributed by atoms with Gasteiger partial charge in [-0.3, -0.25) is 5.11 Å². The van der Waals surface area contributed by atoms with Crippen molar-refractivity contribution in [3.63, 3.8) is 0 Å². The molecule has 0 aliphatic carbocycles. The van der Waals surface area contributed by atoms with Crippen molar-refractivity contribution in [1.29, 1.82) is 0 Å². The molecule has 0 amide bonds. The van der Waals surface area contributed by atoms with Crippen LogP contribution in [0.5, 0.6) is 17.2 Å². The molecule has 0 aliphatic heterocycles. The van der Waals surface area contributed by atoms with Gasteiger partial charge >= 0.3 is 0 Å². The summed E-state index contributed by atoms with van der Waals surface area (Å²) < 4.78 is 10.3. The molecule has 0 saturated heterocycles. The first kappa shape index (κ1) is 9.71. The van der Waals surface area contributed by atoms with Crippen molar-refractivity contribution in [3.8, 4) is 17.2 Å². The highest BCUT2D eigenvalue weighted by atomic mass is 16.5. The monoisotopic (exact) mass is 181 g/mol. The fourth-order valence-electron chi connectivity index (χ4n) is 1.03. The number of benzene rings is 1. The van der Waals surface area contributed by atoms with Crippen molar-refractivity contribution in [3.05, 3.63) is 18.2 Å². The highest BCUT2D eigenvalue weighted by Crippen LogP contribution is 2.36. The zero-order valence-corrected chi connectivity index (χ0v) is 7.87. The Morgan fingerprint density at radius 1 is 1.08 bits per heavy atom. The number of rotatable bonds is 4. The van der Waals surface area contributed by atoms with Gasteiger partial charge in [-0.25, -0.2) is 0 Å². The van der Waals surface area contributed by atoms with Crippen molar-refractivity contribution < 1.29 is 14.6 Å². The van der Waals surface area contributed by atoms with Gasteiger partial charge < -0.3 is 9.47 Å². The quantitative estimate of drug-likeness (QED) is 0.716. The molecule has 1 radical (unpaired) electrons. The predicted octanol–water partition coefficient (Wildman–Crippen LogP) is 2.63. The third-order valence-electron chi connectivity index (χ3n) is 1.54. The second-order valence-electron chi connectivity index (χ2n) is 2.45. The Bertz CT molecular complexity index is 247. The largest absolute Gasteiger partial charge is 0.490 e. The second kappa shape index (κ2) is 4.60. The van der Waals surface area contributed by atoms with E-state index in [1.165, 1.54) is 0 Å². The topological polar surface area (TPSA) is 38.4 Å². The van der Waals surface area contributed by atoms with Crippen molar-refractivity contribution in [1.82, 2.24) is 0 Å². The van der Waals surface area contributed by atoms with Gasteiger partial charge in [-0.1, -0.05) is 6.07 Å². The number of ether oxygens (including phenoxy) is 2. The van der Waals surface area contributed by atoms with E-state index in [1.54, 1.807) is 18.2 Å². The zero-order valence-electron chi connectivity index (χ0n) is 7.87. The van der Waals surface area contributed by atoms with Crippen LogP contribution in [-0.2, 0) is 5.11 Å². The van der Waals surface area contributed by atoms with E-state index in [-0.39, 0.29) is 5.75 Å². The molecule has 0 aromatic heterocycles. The fourth-order valence-corrected chi connectivity index (χ4v) is 1.03. The molecular weight excluding hydrogens is 168 g/mol. The average molecular weight is 181 g/mol. The summed E-state index contributed by atoms with van der Waals surface area (Å²) in [7, 11) is 0. The van der Waals surface area contributed by atoms with Gasteiger partial charge in [0.25, 0.3) is 5.75 Å². The molecule has 1 aromatic rings. The molecule has 0 heterocycles. The molecule has 3 heteroatoms. The van der Waals surface area contributed by atoms with Gasteiger partial charge in [-0.2, -0.15) is 0 Å². The molecule has 3 nitrogen and oxygen atoms in total. The van der Waals surface area contributed by atoms with Gasteiger partial charge in [0.2, 0.25) is 0 Å². The lowest BCUT2D eigenvalue weighted by atomic mass is 10.3. The van der Waals surface area contributed by atoms with Crippen LogP contribution >= 0.6 is 0 Å². The molecule has 0 fully saturated rings. The molecule has 71 valence electrons. The number of hydrogen-bond acceptors (Lipinski definition) is 2. The highest BCUT2D eigenvalue weighted by Gasteiger charge is 2.10. The van der Waals surface area contributed by atoms with Crippen molar-refractivity contribution >= 4 is 0 Å². The molecule has 0 spiro atoms.